The molecule has 1 fully saturated rings. The summed E-state index contributed by atoms with van der Waals surface area (Å²) in [5.41, 5.74) is 0.962. The van der Waals surface area contributed by atoms with Gasteiger partial charge in [-0.15, -0.1) is 0 Å². The Morgan fingerprint density at radius 3 is 2.89 bits per heavy atom. The molecule has 0 aliphatic carbocycles. The lowest BCUT2D eigenvalue weighted by atomic mass is 9.99. The van der Waals surface area contributed by atoms with Crippen molar-refractivity contribution >= 4 is 21.8 Å². The number of amides is 1. The molecule has 1 aliphatic rings. The van der Waals surface area contributed by atoms with Gasteiger partial charge in [0.05, 0.1) is 13.5 Å². The Morgan fingerprint density at radius 2 is 2.21 bits per heavy atom. The second-order valence-electron chi connectivity index (χ2n) is 5.11. The number of para-hydroxylation sites is 1. The number of carbonyl (C=O) groups excluding carboxylic acids is 1. The topological polar surface area (TPSA) is 29.5 Å². The van der Waals surface area contributed by atoms with Crippen molar-refractivity contribution in [2.24, 2.45) is 5.92 Å². The van der Waals surface area contributed by atoms with Crippen LogP contribution in [0.15, 0.2) is 24.3 Å². The maximum absolute atomic E-state index is 12.3. The minimum Gasteiger partial charge on any atom is -0.496 e. The highest BCUT2D eigenvalue weighted by Gasteiger charge is 2.27. The van der Waals surface area contributed by atoms with Crippen LogP contribution >= 0.6 is 15.9 Å². The third-order valence-electron chi connectivity index (χ3n) is 3.69. The zero-order valence-corrected chi connectivity index (χ0v) is 13.0. The van der Waals surface area contributed by atoms with Crippen LogP contribution in [0.5, 0.6) is 5.75 Å². The van der Waals surface area contributed by atoms with Gasteiger partial charge in [0.25, 0.3) is 0 Å². The molecular formula is C15H20BrNO2. The second-order valence-corrected chi connectivity index (χ2v) is 6.29. The maximum Gasteiger partial charge on any atom is 0.227 e. The molecule has 0 bridgehead atoms. The SMILES string of the molecule is COc1ccccc1CC(=O)N1CCC(Br)C(C)C1. The lowest BCUT2D eigenvalue weighted by molar-refractivity contribution is -0.132. The highest BCUT2D eigenvalue weighted by atomic mass is 79.9. The first-order valence-corrected chi connectivity index (χ1v) is 7.57. The van der Waals surface area contributed by atoms with Crippen LogP contribution in [0.3, 0.4) is 0 Å². The minimum absolute atomic E-state index is 0.191. The molecule has 19 heavy (non-hydrogen) atoms. The molecule has 0 radical (unpaired) electrons. The van der Waals surface area contributed by atoms with Gasteiger partial charge < -0.3 is 9.64 Å². The van der Waals surface area contributed by atoms with Gasteiger partial charge in [-0.1, -0.05) is 41.1 Å². The predicted molar refractivity (Wildman–Crippen MR) is 79.8 cm³/mol. The fourth-order valence-electron chi connectivity index (χ4n) is 2.47. The molecule has 1 aliphatic heterocycles. The molecule has 3 nitrogen and oxygen atoms in total. The van der Waals surface area contributed by atoms with E-state index >= 15 is 0 Å². The van der Waals surface area contributed by atoms with E-state index in [1.807, 2.05) is 29.2 Å². The van der Waals surface area contributed by atoms with E-state index in [1.54, 1.807) is 7.11 Å². The molecule has 2 atom stereocenters. The number of hydrogen-bond acceptors (Lipinski definition) is 2. The third kappa shape index (κ3) is 3.50. The van der Waals surface area contributed by atoms with Crippen LogP contribution in [0.1, 0.15) is 18.9 Å². The standard InChI is InChI=1S/C15H20BrNO2/c1-11-10-17(8-7-13(11)16)15(18)9-12-5-3-4-6-14(12)19-2/h3-6,11,13H,7-10H2,1-2H3. The first-order valence-electron chi connectivity index (χ1n) is 6.65. The van der Waals surface area contributed by atoms with Gasteiger partial charge in [-0.3, -0.25) is 4.79 Å². The Balaban J connectivity index is 2.01. The molecule has 4 heteroatoms. The molecule has 1 aromatic rings. The Hall–Kier alpha value is -1.03. The highest BCUT2D eigenvalue weighted by molar-refractivity contribution is 9.09. The van der Waals surface area contributed by atoms with Crippen molar-refractivity contribution in [3.8, 4) is 5.75 Å². The number of nitrogens with zero attached hydrogens (tertiary/aromatic N) is 1. The average molecular weight is 326 g/mol. The summed E-state index contributed by atoms with van der Waals surface area (Å²) >= 11 is 3.66. The summed E-state index contributed by atoms with van der Waals surface area (Å²) in [6.07, 6.45) is 1.45. The van der Waals surface area contributed by atoms with Crippen LogP contribution in [-0.4, -0.2) is 35.8 Å². The first-order chi connectivity index (χ1) is 9.11. The van der Waals surface area contributed by atoms with Crippen LogP contribution in [0, 0.1) is 5.92 Å². The zero-order chi connectivity index (χ0) is 13.8. The van der Waals surface area contributed by atoms with E-state index in [1.165, 1.54) is 0 Å². The summed E-state index contributed by atoms with van der Waals surface area (Å²) in [5, 5.41) is 0. The zero-order valence-electron chi connectivity index (χ0n) is 11.4. The van der Waals surface area contributed by atoms with Crippen molar-refractivity contribution in [1.82, 2.24) is 4.90 Å². The summed E-state index contributed by atoms with van der Waals surface area (Å²) in [7, 11) is 1.64. The first kappa shape index (κ1) is 14.4. The van der Waals surface area contributed by atoms with Crippen molar-refractivity contribution in [2.45, 2.75) is 24.6 Å². The van der Waals surface area contributed by atoms with Crippen LogP contribution in [0.2, 0.25) is 0 Å². The van der Waals surface area contributed by atoms with Crippen LogP contribution in [0.25, 0.3) is 0 Å². The number of likely N-dealkylation sites (tertiary alicyclic amines) is 1. The summed E-state index contributed by atoms with van der Waals surface area (Å²) in [6, 6.07) is 7.72. The number of hydrogen-bond donors (Lipinski definition) is 0. The Labute approximate surface area is 123 Å². The van der Waals surface area contributed by atoms with Crippen molar-refractivity contribution in [2.75, 3.05) is 20.2 Å². The largest absolute Gasteiger partial charge is 0.496 e. The van der Waals surface area contributed by atoms with Crippen molar-refractivity contribution < 1.29 is 9.53 Å². The molecule has 0 saturated carbocycles. The van der Waals surface area contributed by atoms with Crippen molar-refractivity contribution in [3.63, 3.8) is 0 Å². The molecule has 0 N–H and O–H groups in total. The molecule has 2 rings (SSSR count). The minimum atomic E-state index is 0.191. The number of rotatable bonds is 3. The summed E-state index contributed by atoms with van der Waals surface area (Å²) in [6.45, 7) is 3.86. The number of carbonyl (C=O) groups is 1. The normalized spacial score (nSPS) is 23.2. The van der Waals surface area contributed by atoms with E-state index in [0.717, 1.165) is 30.8 Å². The van der Waals surface area contributed by atoms with Crippen molar-refractivity contribution in [3.05, 3.63) is 29.8 Å². The van der Waals surface area contributed by atoms with Crippen LogP contribution < -0.4 is 4.74 Å². The molecule has 1 amide bonds. The smallest absolute Gasteiger partial charge is 0.227 e. The van der Waals surface area contributed by atoms with Crippen LogP contribution in [0.4, 0.5) is 0 Å². The third-order valence-corrected chi connectivity index (χ3v) is 5.05. The molecule has 2 unspecified atom stereocenters. The van der Waals surface area contributed by atoms with Gasteiger partial charge in [0, 0.05) is 23.5 Å². The lowest BCUT2D eigenvalue weighted by Crippen LogP contribution is -2.43. The predicted octanol–water partition coefficient (Wildman–Crippen LogP) is 2.87. The number of methoxy groups -OCH3 is 1. The molecule has 1 heterocycles. The highest BCUT2D eigenvalue weighted by Crippen LogP contribution is 2.25. The van der Waals surface area contributed by atoms with Crippen molar-refractivity contribution in [1.29, 1.82) is 0 Å². The van der Waals surface area contributed by atoms with Gasteiger partial charge in [0.1, 0.15) is 5.75 Å². The van der Waals surface area contributed by atoms with E-state index in [2.05, 4.69) is 22.9 Å². The monoisotopic (exact) mass is 325 g/mol. The molecule has 1 aromatic carbocycles. The molecule has 104 valence electrons. The molecular weight excluding hydrogens is 306 g/mol. The Bertz CT molecular complexity index is 450. The molecule has 0 spiro atoms. The van der Waals surface area contributed by atoms with Gasteiger partial charge >= 0.3 is 0 Å². The fraction of sp³-hybridized carbons (Fsp3) is 0.533. The van der Waals surface area contributed by atoms with E-state index in [0.29, 0.717) is 17.2 Å². The van der Waals surface area contributed by atoms with Gasteiger partial charge in [0.15, 0.2) is 0 Å². The Kier molecular flexibility index (Phi) is 4.86. The van der Waals surface area contributed by atoms with E-state index in [4.69, 9.17) is 4.74 Å². The fourth-order valence-corrected chi connectivity index (χ4v) is 2.84. The van der Waals surface area contributed by atoms with Crippen LogP contribution in [-0.2, 0) is 11.2 Å². The maximum atomic E-state index is 12.3. The number of alkyl halides is 1. The van der Waals surface area contributed by atoms with Gasteiger partial charge in [-0.05, 0) is 18.4 Å². The number of ether oxygens (including phenoxy) is 1. The van der Waals surface area contributed by atoms with E-state index in [-0.39, 0.29) is 5.91 Å². The van der Waals surface area contributed by atoms with Gasteiger partial charge in [-0.25, -0.2) is 0 Å². The average Bonchev–Trinajstić information content (AvgIpc) is 2.42. The van der Waals surface area contributed by atoms with E-state index in [9.17, 15) is 4.79 Å². The Morgan fingerprint density at radius 1 is 1.47 bits per heavy atom. The van der Waals surface area contributed by atoms with Gasteiger partial charge in [-0.2, -0.15) is 0 Å². The van der Waals surface area contributed by atoms with E-state index < -0.39 is 0 Å². The lowest BCUT2D eigenvalue weighted by Gasteiger charge is -2.34. The second kappa shape index (κ2) is 6.42. The van der Waals surface area contributed by atoms with Gasteiger partial charge in [0.2, 0.25) is 5.91 Å². The summed E-state index contributed by atoms with van der Waals surface area (Å²) < 4.78 is 5.29. The molecule has 1 saturated heterocycles. The number of piperidine rings is 1. The molecule has 0 aromatic heterocycles. The number of benzene rings is 1. The summed E-state index contributed by atoms with van der Waals surface area (Å²) in [4.78, 5) is 14.8. The number of halogens is 1. The summed E-state index contributed by atoms with van der Waals surface area (Å²) in [5.74, 6) is 1.49. The quantitative estimate of drug-likeness (QED) is 0.800.